The van der Waals surface area contributed by atoms with Gasteiger partial charge < -0.3 is 0 Å². The van der Waals surface area contributed by atoms with Crippen LogP contribution >= 0.6 is 0 Å². The fraction of sp³-hybridized carbons (Fsp3) is 0.167. The van der Waals surface area contributed by atoms with E-state index in [0.29, 0.717) is 11.1 Å². The van der Waals surface area contributed by atoms with Gasteiger partial charge in [0.2, 0.25) is 5.78 Å². The first-order chi connectivity index (χ1) is 8.65. The van der Waals surface area contributed by atoms with Crippen molar-refractivity contribution >= 4 is 23.8 Å². The Morgan fingerprint density at radius 3 is 2.28 bits per heavy atom. The van der Waals surface area contributed by atoms with E-state index in [1.54, 1.807) is 24.3 Å². The van der Waals surface area contributed by atoms with Crippen molar-refractivity contribution in [3.05, 3.63) is 35.4 Å². The van der Waals surface area contributed by atoms with Gasteiger partial charge in [-0.1, -0.05) is 12.1 Å². The van der Waals surface area contributed by atoms with E-state index in [1.165, 1.54) is 0 Å². The van der Waals surface area contributed by atoms with Crippen LogP contribution in [0.15, 0.2) is 24.3 Å². The quantitative estimate of drug-likeness (QED) is 0.363. The third kappa shape index (κ3) is 1.97. The number of imide groups is 1. The smallest absolute Gasteiger partial charge is 0.287 e. The van der Waals surface area contributed by atoms with Crippen LogP contribution in [0, 0.1) is 5.53 Å². The molecule has 1 aliphatic heterocycles. The molecule has 18 heavy (non-hydrogen) atoms. The van der Waals surface area contributed by atoms with Gasteiger partial charge in [-0.3, -0.25) is 19.3 Å². The molecule has 0 fully saturated rings. The summed E-state index contributed by atoms with van der Waals surface area (Å²) in [6.07, 6.45) is 0.839. The number of nitrogens with zero attached hydrogens (tertiary/aromatic N) is 2. The molecular weight excluding hydrogens is 234 g/mol. The minimum Gasteiger partial charge on any atom is -0.287 e. The Labute approximate surface area is 102 Å². The SMILES string of the molecule is N=[N+]=CC(=O)CCN1C(=O)c2ccccc2C1=O. The number of rotatable bonds is 4. The highest BCUT2D eigenvalue weighted by molar-refractivity contribution is 6.26. The fourth-order valence-electron chi connectivity index (χ4n) is 1.80. The molecule has 6 nitrogen and oxygen atoms in total. The van der Waals surface area contributed by atoms with Crippen molar-refractivity contribution in [1.82, 2.24) is 4.90 Å². The second-order valence-corrected chi connectivity index (χ2v) is 3.78. The van der Waals surface area contributed by atoms with Gasteiger partial charge in [0.25, 0.3) is 11.8 Å². The molecule has 0 saturated heterocycles. The lowest BCUT2D eigenvalue weighted by Crippen LogP contribution is -2.32. The lowest BCUT2D eigenvalue weighted by molar-refractivity contribution is -0.131. The standard InChI is InChI=1S/C12H10N3O3/c13-14-7-8(16)5-6-15-11(17)9-3-1-2-4-10(9)12(15)18/h1-4,7,13H,5-6H2/q+1. The normalized spacial score (nSPS) is 13.2. The van der Waals surface area contributed by atoms with Gasteiger partial charge in [0.1, 0.15) is 0 Å². The Bertz CT molecular complexity index is 553. The van der Waals surface area contributed by atoms with Gasteiger partial charge in [-0.15, -0.1) is 0 Å². The molecule has 0 aliphatic carbocycles. The summed E-state index contributed by atoms with van der Waals surface area (Å²) >= 11 is 0. The zero-order valence-corrected chi connectivity index (χ0v) is 9.42. The van der Waals surface area contributed by atoms with Crippen LogP contribution in [0.2, 0.25) is 0 Å². The zero-order chi connectivity index (χ0) is 13.1. The number of benzene rings is 1. The molecular formula is C12H10N3O3+. The summed E-state index contributed by atoms with van der Waals surface area (Å²) in [5.74, 6) is -1.15. The number of nitrogens with one attached hydrogen (secondary N) is 1. The number of hydrogen-bond acceptors (Lipinski definition) is 4. The van der Waals surface area contributed by atoms with E-state index in [4.69, 9.17) is 5.53 Å². The molecule has 0 atom stereocenters. The second kappa shape index (κ2) is 4.73. The van der Waals surface area contributed by atoms with Crippen molar-refractivity contribution in [2.24, 2.45) is 0 Å². The molecule has 0 bridgehead atoms. The van der Waals surface area contributed by atoms with Crippen molar-refractivity contribution in [3.8, 4) is 0 Å². The van der Waals surface area contributed by atoms with Gasteiger partial charge in [-0.2, -0.15) is 0 Å². The molecule has 2 amide bonds. The van der Waals surface area contributed by atoms with Crippen LogP contribution in [0.5, 0.6) is 0 Å². The fourth-order valence-corrected chi connectivity index (χ4v) is 1.80. The average molecular weight is 244 g/mol. The highest BCUT2D eigenvalue weighted by Gasteiger charge is 2.34. The molecule has 0 unspecified atom stereocenters. The van der Waals surface area contributed by atoms with Crippen LogP contribution in [-0.4, -0.2) is 40.0 Å². The number of carbonyl (C=O) groups excluding carboxylic acids is 3. The summed E-state index contributed by atoms with van der Waals surface area (Å²) in [7, 11) is 0. The predicted molar refractivity (Wildman–Crippen MR) is 60.5 cm³/mol. The molecule has 0 saturated carbocycles. The van der Waals surface area contributed by atoms with Crippen LogP contribution < -0.4 is 0 Å². The van der Waals surface area contributed by atoms with Crippen molar-refractivity contribution in [2.75, 3.05) is 6.54 Å². The van der Waals surface area contributed by atoms with Gasteiger partial charge >= 0.3 is 6.21 Å². The van der Waals surface area contributed by atoms with Gasteiger partial charge in [0.15, 0.2) is 0 Å². The summed E-state index contributed by atoms with van der Waals surface area (Å²) in [6.45, 7) is 0.0111. The highest BCUT2D eigenvalue weighted by atomic mass is 16.2. The van der Waals surface area contributed by atoms with Gasteiger partial charge in [0, 0.05) is 13.0 Å². The molecule has 2 rings (SSSR count). The van der Waals surface area contributed by atoms with Crippen LogP contribution in [0.3, 0.4) is 0 Å². The van der Waals surface area contributed by atoms with Gasteiger partial charge in [-0.05, 0) is 12.1 Å². The summed E-state index contributed by atoms with van der Waals surface area (Å²) < 4.78 is 0. The molecule has 1 heterocycles. The van der Waals surface area contributed by atoms with Crippen LogP contribution in [0.4, 0.5) is 0 Å². The maximum Gasteiger partial charge on any atom is 0.372 e. The third-order valence-electron chi connectivity index (χ3n) is 2.67. The lowest BCUT2D eigenvalue weighted by atomic mass is 10.1. The first kappa shape index (κ1) is 11.9. The Hall–Kier alpha value is -2.59. The minimum atomic E-state index is -0.387. The van der Waals surface area contributed by atoms with E-state index in [2.05, 4.69) is 4.79 Å². The molecule has 1 N–H and O–H groups in total. The number of amides is 2. The Morgan fingerprint density at radius 1 is 1.22 bits per heavy atom. The number of carbonyl (C=O) groups is 3. The Kier molecular flexibility index (Phi) is 3.12. The van der Waals surface area contributed by atoms with E-state index < -0.39 is 0 Å². The molecule has 1 aliphatic rings. The Morgan fingerprint density at radius 2 is 1.78 bits per heavy atom. The summed E-state index contributed by atoms with van der Waals surface area (Å²) in [4.78, 5) is 38.9. The summed E-state index contributed by atoms with van der Waals surface area (Å²) in [5.41, 5.74) is 7.24. The number of Topliss-reactive ketones (excluding diaryl/α,β-unsaturated/α-hetero) is 1. The van der Waals surface area contributed by atoms with Crippen molar-refractivity contribution in [2.45, 2.75) is 6.42 Å². The Balaban J connectivity index is 2.14. The van der Waals surface area contributed by atoms with E-state index in [9.17, 15) is 14.4 Å². The highest BCUT2D eigenvalue weighted by Crippen LogP contribution is 2.22. The van der Waals surface area contributed by atoms with Crippen molar-refractivity contribution < 1.29 is 19.2 Å². The maximum atomic E-state index is 11.9. The van der Waals surface area contributed by atoms with Crippen molar-refractivity contribution in [3.63, 3.8) is 0 Å². The summed E-state index contributed by atoms with van der Waals surface area (Å²) in [5, 5.41) is 0. The molecule has 0 spiro atoms. The lowest BCUT2D eigenvalue weighted by Gasteiger charge is -2.11. The number of fused-ring (bicyclic) bond motifs is 1. The third-order valence-corrected chi connectivity index (χ3v) is 2.67. The van der Waals surface area contributed by atoms with Gasteiger partial charge in [-0.25, -0.2) is 0 Å². The molecule has 1 aromatic rings. The predicted octanol–water partition coefficient (Wildman–Crippen LogP) is 0.552. The van der Waals surface area contributed by atoms with E-state index in [1.807, 2.05) is 0 Å². The van der Waals surface area contributed by atoms with Crippen LogP contribution in [0.25, 0.3) is 0 Å². The van der Waals surface area contributed by atoms with Crippen LogP contribution in [0.1, 0.15) is 27.1 Å². The molecule has 0 aromatic heterocycles. The van der Waals surface area contributed by atoms with E-state index in [0.717, 1.165) is 11.1 Å². The first-order valence-electron chi connectivity index (χ1n) is 5.33. The largest absolute Gasteiger partial charge is 0.372 e. The maximum absolute atomic E-state index is 11.9. The van der Waals surface area contributed by atoms with Crippen molar-refractivity contribution in [1.29, 1.82) is 5.53 Å². The van der Waals surface area contributed by atoms with E-state index >= 15 is 0 Å². The van der Waals surface area contributed by atoms with Gasteiger partial charge in [0.05, 0.1) is 21.4 Å². The molecule has 90 valence electrons. The first-order valence-corrected chi connectivity index (χ1v) is 5.33. The summed E-state index contributed by atoms with van der Waals surface area (Å²) in [6, 6.07) is 6.54. The molecule has 6 heteroatoms. The minimum absolute atomic E-state index is 0.0111. The topological polar surface area (TPSA) is 92.4 Å². The molecule has 1 aromatic carbocycles. The van der Waals surface area contributed by atoms with E-state index in [-0.39, 0.29) is 30.6 Å². The second-order valence-electron chi connectivity index (χ2n) is 3.78. The van der Waals surface area contributed by atoms with Crippen LogP contribution in [-0.2, 0) is 4.79 Å². The zero-order valence-electron chi connectivity index (χ0n) is 9.42. The number of ketones is 1. The monoisotopic (exact) mass is 244 g/mol. The number of hydrogen-bond donors (Lipinski definition) is 1. The average Bonchev–Trinajstić information content (AvgIpc) is 2.61. The molecule has 0 radical (unpaired) electrons.